The molecule has 47 heavy (non-hydrogen) atoms. The number of carbonyl (C=O) groups excluding carboxylic acids is 2. The molecule has 2 unspecified atom stereocenters. The Hall–Kier alpha value is -2.95. The highest BCUT2D eigenvalue weighted by Crippen LogP contribution is 2.31. The lowest BCUT2D eigenvalue weighted by Crippen LogP contribution is -2.48. The Kier molecular flexibility index (Phi) is 13.1. The smallest absolute Gasteiger partial charge is 0.310 e. The first kappa shape index (κ1) is 35.4. The van der Waals surface area contributed by atoms with E-state index < -0.39 is 0 Å². The molecule has 0 spiro atoms. The van der Waals surface area contributed by atoms with Gasteiger partial charge in [-0.1, -0.05) is 24.4 Å². The van der Waals surface area contributed by atoms with Crippen molar-refractivity contribution >= 4 is 34.4 Å². The maximum absolute atomic E-state index is 13.6. The second kappa shape index (κ2) is 17.4. The molecular weight excluding hydrogens is 618 g/mol. The molecule has 2 saturated heterocycles. The molecule has 0 N–H and O–H groups in total. The van der Waals surface area contributed by atoms with Crippen molar-refractivity contribution < 1.29 is 28.5 Å². The number of rotatable bonds is 15. The first-order chi connectivity index (χ1) is 22.8. The van der Waals surface area contributed by atoms with Gasteiger partial charge in [-0.2, -0.15) is 0 Å². The number of unbranched alkanes of at least 4 members (excludes halogenated alkanes) is 3. The SMILES string of the molecule is COc1ccc2c(c1)c(CC(=O)OC(C)CN1CCN(CCCCCCOC3CCCCO3)CC1)c(C)n2C(=O)c1ccc(Cl)cc1. The molecule has 1 aromatic heterocycles. The summed E-state index contributed by atoms with van der Waals surface area (Å²) in [6.45, 7) is 11.3. The van der Waals surface area contributed by atoms with Crippen molar-refractivity contribution in [3.05, 3.63) is 64.3 Å². The van der Waals surface area contributed by atoms with Gasteiger partial charge in [0.1, 0.15) is 11.9 Å². The summed E-state index contributed by atoms with van der Waals surface area (Å²) in [4.78, 5) is 31.7. The number of nitrogens with zero attached hydrogens (tertiary/aromatic N) is 3. The molecule has 9 nitrogen and oxygen atoms in total. The van der Waals surface area contributed by atoms with Gasteiger partial charge >= 0.3 is 5.97 Å². The van der Waals surface area contributed by atoms with Crippen molar-refractivity contribution in [2.24, 2.45) is 0 Å². The van der Waals surface area contributed by atoms with Crippen LogP contribution in [0.1, 0.15) is 73.5 Å². The number of piperazine rings is 1. The average molecular weight is 668 g/mol. The third-order valence-corrected chi connectivity index (χ3v) is 9.53. The molecule has 2 fully saturated rings. The Labute approximate surface area is 284 Å². The molecule has 0 amide bonds. The predicted octanol–water partition coefficient (Wildman–Crippen LogP) is 6.50. The molecule has 2 aromatic carbocycles. The van der Waals surface area contributed by atoms with E-state index in [2.05, 4.69) is 9.80 Å². The number of benzene rings is 2. The van der Waals surface area contributed by atoms with E-state index in [0.29, 0.717) is 28.6 Å². The summed E-state index contributed by atoms with van der Waals surface area (Å²) < 4.78 is 24.5. The molecule has 5 rings (SSSR count). The van der Waals surface area contributed by atoms with Gasteiger partial charge in [-0.3, -0.25) is 19.1 Å². The third kappa shape index (κ3) is 9.80. The van der Waals surface area contributed by atoms with Crippen LogP contribution < -0.4 is 4.74 Å². The topological polar surface area (TPSA) is 82.5 Å². The number of methoxy groups -OCH3 is 1. The molecule has 0 aliphatic carbocycles. The molecule has 0 saturated carbocycles. The van der Waals surface area contributed by atoms with Gasteiger partial charge in [0.2, 0.25) is 0 Å². The Balaban J connectivity index is 1.06. The molecule has 2 aliphatic heterocycles. The normalized spacial score (nSPS) is 18.3. The maximum atomic E-state index is 13.6. The highest BCUT2D eigenvalue weighted by atomic mass is 35.5. The van der Waals surface area contributed by atoms with Gasteiger partial charge in [0.15, 0.2) is 6.29 Å². The van der Waals surface area contributed by atoms with E-state index in [1.54, 1.807) is 35.9 Å². The van der Waals surface area contributed by atoms with Crippen molar-refractivity contribution in [1.29, 1.82) is 0 Å². The van der Waals surface area contributed by atoms with E-state index >= 15 is 0 Å². The monoisotopic (exact) mass is 667 g/mol. The van der Waals surface area contributed by atoms with Crippen LogP contribution in [0.15, 0.2) is 42.5 Å². The van der Waals surface area contributed by atoms with Crippen LogP contribution in [0, 0.1) is 6.92 Å². The summed E-state index contributed by atoms with van der Waals surface area (Å²) in [5, 5.41) is 1.36. The average Bonchev–Trinajstić information content (AvgIpc) is 3.35. The Morgan fingerprint density at radius 3 is 2.45 bits per heavy atom. The van der Waals surface area contributed by atoms with E-state index in [1.165, 1.54) is 25.7 Å². The van der Waals surface area contributed by atoms with E-state index in [-0.39, 0.29) is 30.7 Å². The highest BCUT2D eigenvalue weighted by molar-refractivity contribution is 6.30. The van der Waals surface area contributed by atoms with Gasteiger partial charge in [0, 0.05) is 67.6 Å². The number of carbonyl (C=O) groups is 2. The zero-order valence-electron chi connectivity index (χ0n) is 28.2. The molecule has 10 heteroatoms. The van der Waals surface area contributed by atoms with E-state index in [1.807, 2.05) is 32.0 Å². The first-order valence-corrected chi connectivity index (χ1v) is 17.6. The van der Waals surface area contributed by atoms with Gasteiger partial charge in [-0.25, -0.2) is 0 Å². The minimum Gasteiger partial charge on any atom is -0.497 e. The second-order valence-corrected chi connectivity index (χ2v) is 13.2. The number of halogens is 1. The lowest BCUT2D eigenvalue weighted by molar-refractivity contribution is -0.162. The van der Waals surface area contributed by atoms with Crippen molar-refractivity contribution in [3.8, 4) is 5.75 Å². The zero-order valence-corrected chi connectivity index (χ0v) is 28.9. The fourth-order valence-corrected chi connectivity index (χ4v) is 6.78. The van der Waals surface area contributed by atoms with Crippen LogP contribution in [0.5, 0.6) is 5.75 Å². The minimum atomic E-state index is -0.309. The van der Waals surface area contributed by atoms with Crippen LogP contribution >= 0.6 is 11.6 Å². The van der Waals surface area contributed by atoms with E-state index in [4.69, 9.17) is 30.5 Å². The highest BCUT2D eigenvalue weighted by Gasteiger charge is 2.24. The Morgan fingerprint density at radius 1 is 0.979 bits per heavy atom. The molecule has 3 heterocycles. The summed E-state index contributed by atoms with van der Waals surface area (Å²) in [5.74, 6) is 0.166. The third-order valence-electron chi connectivity index (χ3n) is 9.28. The summed E-state index contributed by atoms with van der Waals surface area (Å²) in [5.41, 5.74) is 2.70. The van der Waals surface area contributed by atoms with Crippen LogP contribution in [0.3, 0.4) is 0 Å². The summed E-state index contributed by atoms with van der Waals surface area (Å²) in [7, 11) is 1.60. The van der Waals surface area contributed by atoms with E-state index in [0.717, 1.165) is 81.7 Å². The van der Waals surface area contributed by atoms with Crippen molar-refractivity contribution in [3.63, 3.8) is 0 Å². The fraction of sp³-hybridized carbons (Fsp3) is 0.568. The standard InChI is InChI=1S/C37H50ClN3O6/c1-27(26-40-20-18-39(19-21-40)17-7-4-5-8-22-45-36-10-6-9-23-46-36)47-35(42)25-32-28(2)41(34-16-15-31(44-3)24-33(32)34)37(43)29-11-13-30(38)14-12-29/h11-16,24,27,36H,4-10,17-23,25-26H2,1-3H3. The number of ether oxygens (including phenoxy) is 4. The largest absolute Gasteiger partial charge is 0.497 e. The summed E-state index contributed by atoms with van der Waals surface area (Å²) >= 11 is 6.05. The Morgan fingerprint density at radius 2 is 1.72 bits per heavy atom. The summed E-state index contributed by atoms with van der Waals surface area (Å²) in [6.07, 6.45) is 7.97. The van der Waals surface area contributed by atoms with Gasteiger partial charge in [0.05, 0.1) is 19.0 Å². The molecule has 2 aliphatic rings. The van der Waals surface area contributed by atoms with Crippen LogP contribution in [-0.2, 0) is 25.4 Å². The van der Waals surface area contributed by atoms with Gasteiger partial charge in [-0.15, -0.1) is 0 Å². The van der Waals surface area contributed by atoms with Gasteiger partial charge in [-0.05, 0) is 101 Å². The maximum Gasteiger partial charge on any atom is 0.310 e. The fourth-order valence-electron chi connectivity index (χ4n) is 6.65. The van der Waals surface area contributed by atoms with Crippen LogP contribution in [0.25, 0.3) is 10.9 Å². The molecule has 0 radical (unpaired) electrons. The minimum absolute atomic E-state index is 0.0199. The number of fused-ring (bicyclic) bond motifs is 1. The van der Waals surface area contributed by atoms with Gasteiger partial charge in [0.25, 0.3) is 5.91 Å². The Bertz CT molecular complexity index is 1460. The number of esters is 1. The van der Waals surface area contributed by atoms with E-state index in [9.17, 15) is 9.59 Å². The number of hydrogen-bond donors (Lipinski definition) is 0. The predicted molar refractivity (Wildman–Crippen MR) is 185 cm³/mol. The van der Waals surface area contributed by atoms with Gasteiger partial charge < -0.3 is 23.8 Å². The first-order valence-electron chi connectivity index (χ1n) is 17.2. The van der Waals surface area contributed by atoms with Crippen LogP contribution in [0.4, 0.5) is 0 Å². The second-order valence-electron chi connectivity index (χ2n) is 12.8. The molecular formula is C37H50ClN3O6. The molecule has 0 bridgehead atoms. The van der Waals surface area contributed by atoms with Crippen LogP contribution in [-0.4, -0.2) is 98.2 Å². The van der Waals surface area contributed by atoms with Crippen molar-refractivity contribution in [2.75, 3.05) is 59.6 Å². The number of hydrogen-bond acceptors (Lipinski definition) is 8. The van der Waals surface area contributed by atoms with Crippen molar-refractivity contribution in [1.82, 2.24) is 14.4 Å². The summed E-state index contributed by atoms with van der Waals surface area (Å²) in [6, 6.07) is 12.4. The lowest BCUT2D eigenvalue weighted by atomic mass is 10.1. The number of aromatic nitrogens is 1. The van der Waals surface area contributed by atoms with Crippen molar-refractivity contribution in [2.45, 2.75) is 77.6 Å². The lowest BCUT2D eigenvalue weighted by Gasteiger charge is -2.35. The quantitative estimate of drug-likeness (QED) is 0.134. The zero-order chi connectivity index (χ0) is 33.2. The molecule has 3 aromatic rings. The molecule has 256 valence electrons. The molecule has 2 atom stereocenters. The van der Waals surface area contributed by atoms with Crippen LogP contribution in [0.2, 0.25) is 5.02 Å².